The zero-order valence-electron chi connectivity index (χ0n) is 17.7. The topological polar surface area (TPSA) is 84.5 Å². The van der Waals surface area contributed by atoms with Crippen LogP contribution in [0.2, 0.25) is 0 Å². The van der Waals surface area contributed by atoms with Crippen LogP contribution in [0.4, 0.5) is 5.69 Å². The summed E-state index contributed by atoms with van der Waals surface area (Å²) in [5.74, 6) is -0.624. The summed E-state index contributed by atoms with van der Waals surface area (Å²) in [5, 5.41) is 5.31. The van der Waals surface area contributed by atoms with Gasteiger partial charge in [0.1, 0.15) is 5.75 Å². The molecule has 0 aliphatic rings. The van der Waals surface area contributed by atoms with Crippen LogP contribution in [0.5, 0.6) is 5.75 Å². The molecule has 3 rings (SSSR count). The van der Waals surface area contributed by atoms with E-state index in [0.29, 0.717) is 17.0 Å². The van der Waals surface area contributed by atoms with Crippen molar-refractivity contribution in [3.05, 3.63) is 94.5 Å². The average molecular weight is 416 g/mol. The standard InChI is InChI=1S/C25H24N2O4/c1-16-8-11-18(12-9-16)24(29)19-6-4-5-7-20(19)25(30)26-15-23(28)27-21-14-17(2)10-13-22(21)31-3/h4-14H,15H2,1-3H3,(H,26,30)(H,27,28). The van der Waals surface area contributed by atoms with Crippen molar-refractivity contribution in [1.29, 1.82) is 0 Å². The molecule has 0 aromatic heterocycles. The minimum absolute atomic E-state index is 0.217. The molecular formula is C25H24N2O4. The number of hydrogen-bond acceptors (Lipinski definition) is 4. The van der Waals surface area contributed by atoms with Crippen LogP contribution in [0.15, 0.2) is 66.7 Å². The van der Waals surface area contributed by atoms with Crippen molar-refractivity contribution in [2.45, 2.75) is 13.8 Å². The van der Waals surface area contributed by atoms with E-state index in [-0.39, 0.29) is 23.5 Å². The van der Waals surface area contributed by atoms with E-state index in [0.717, 1.165) is 11.1 Å². The van der Waals surface area contributed by atoms with E-state index in [1.165, 1.54) is 7.11 Å². The van der Waals surface area contributed by atoms with Gasteiger partial charge in [-0.15, -0.1) is 0 Å². The van der Waals surface area contributed by atoms with Gasteiger partial charge in [-0.2, -0.15) is 0 Å². The number of benzene rings is 3. The summed E-state index contributed by atoms with van der Waals surface area (Å²) in [6.07, 6.45) is 0. The Morgan fingerprint density at radius 2 is 1.48 bits per heavy atom. The first-order valence-corrected chi connectivity index (χ1v) is 9.82. The van der Waals surface area contributed by atoms with Gasteiger partial charge in [0, 0.05) is 11.1 Å². The van der Waals surface area contributed by atoms with Crippen LogP contribution in [0, 0.1) is 13.8 Å². The zero-order chi connectivity index (χ0) is 22.4. The van der Waals surface area contributed by atoms with Gasteiger partial charge < -0.3 is 15.4 Å². The number of amides is 2. The molecule has 2 amide bonds. The van der Waals surface area contributed by atoms with Crippen molar-refractivity contribution < 1.29 is 19.1 Å². The van der Waals surface area contributed by atoms with E-state index >= 15 is 0 Å². The molecule has 0 saturated carbocycles. The Kier molecular flexibility index (Phi) is 6.82. The summed E-state index contributed by atoms with van der Waals surface area (Å²) in [7, 11) is 1.52. The van der Waals surface area contributed by atoms with E-state index in [1.54, 1.807) is 48.5 Å². The van der Waals surface area contributed by atoms with Crippen LogP contribution in [-0.4, -0.2) is 31.3 Å². The fraction of sp³-hybridized carbons (Fsp3) is 0.160. The quantitative estimate of drug-likeness (QED) is 0.572. The minimum atomic E-state index is -0.498. The molecule has 6 nitrogen and oxygen atoms in total. The average Bonchev–Trinajstić information content (AvgIpc) is 2.77. The number of hydrogen-bond donors (Lipinski definition) is 2. The van der Waals surface area contributed by atoms with Crippen LogP contribution < -0.4 is 15.4 Å². The minimum Gasteiger partial charge on any atom is -0.495 e. The summed E-state index contributed by atoms with van der Waals surface area (Å²) in [6, 6.07) is 19.1. The summed E-state index contributed by atoms with van der Waals surface area (Å²) in [5.41, 5.74) is 3.52. The molecule has 0 spiro atoms. The van der Waals surface area contributed by atoms with Crippen molar-refractivity contribution in [2.75, 3.05) is 19.0 Å². The maximum Gasteiger partial charge on any atom is 0.252 e. The zero-order valence-corrected chi connectivity index (χ0v) is 17.7. The van der Waals surface area contributed by atoms with Crippen LogP contribution >= 0.6 is 0 Å². The molecule has 158 valence electrons. The predicted molar refractivity (Wildman–Crippen MR) is 120 cm³/mol. The highest BCUT2D eigenvalue weighted by Crippen LogP contribution is 2.25. The molecule has 6 heteroatoms. The van der Waals surface area contributed by atoms with Gasteiger partial charge in [-0.05, 0) is 37.6 Å². The van der Waals surface area contributed by atoms with Crippen molar-refractivity contribution in [3.8, 4) is 5.75 Å². The van der Waals surface area contributed by atoms with E-state index in [2.05, 4.69) is 10.6 Å². The molecule has 0 aliphatic carbocycles. The summed E-state index contributed by atoms with van der Waals surface area (Å²) < 4.78 is 5.25. The van der Waals surface area contributed by atoms with Crippen LogP contribution in [0.1, 0.15) is 37.4 Å². The molecule has 3 aromatic rings. The lowest BCUT2D eigenvalue weighted by atomic mass is 9.97. The molecule has 0 aliphatic heterocycles. The van der Waals surface area contributed by atoms with Gasteiger partial charge in [-0.1, -0.05) is 54.1 Å². The second kappa shape index (κ2) is 9.71. The predicted octanol–water partition coefficient (Wildman–Crippen LogP) is 3.91. The first kappa shape index (κ1) is 21.8. The summed E-state index contributed by atoms with van der Waals surface area (Å²) in [4.78, 5) is 38.0. The summed E-state index contributed by atoms with van der Waals surface area (Å²) >= 11 is 0. The number of methoxy groups -OCH3 is 1. The molecule has 0 heterocycles. The van der Waals surface area contributed by atoms with Gasteiger partial charge in [0.25, 0.3) is 5.91 Å². The van der Waals surface area contributed by atoms with Crippen LogP contribution in [0.3, 0.4) is 0 Å². The third-order valence-electron chi connectivity index (χ3n) is 4.77. The summed E-state index contributed by atoms with van der Waals surface area (Å²) in [6.45, 7) is 3.59. The van der Waals surface area contributed by atoms with Gasteiger partial charge in [-0.25, -0.2) is 0 Å². The van der Waals surface area contributed by atoms with Gasteiger partial charge in [0.2, 0.25) is 5.91 Å². The normalized spacial score (nSPS) is 10.3. The highest BCUT2D eigenvalue weighted by Gasteiger charge is 2.18. The third kappa shape index (κ3) is 5.36. The monoisotopic (exact) mass is 416 g/mol. The number of ketones is 1. The van der Waals surface area contributed by atoms with Gasteiger partial charge in [0.05, 0.1) is 24.9 Å². The Morgan fingerprint density at radius 1 is 0.839 bits per heavy atom. The second-order valence-corrected chi connectivity index (χ2v) is 7.18. The number of aryl methyl sites for hydroxylation is 2. The van der Waals surface area contributed by atoms with Crippen molar-refractivity contribution >= 4 is 23.3 Å². The first-order valence-electron chi connectivity index (χ1n) is 9.82. The fourth-order valence-electron chi connectivity index (χ4n) is 3.11. The maximum atomic E-state index is 12.9. The molecule has 0 bridgehead atoms. The van der Waals surface area contributed by atoms with Crippen molar-refractivity contribution in [1.82, 2.24) is 5.32 Å². The second-order valence-electron chi connectivity index (χ2n) is 7.18. The van der Waals surface area contributed by atoms with Crippen molar-refractivity contribution in [3.63, 3.8) is 0 Å². The molecule has 3 aromatic carbocycles. The lowest BCUT2D eigenvalue weighted by Gasteiger charge is -2.12. The lowest BCUT2D eigenvalue weighted by Crippen LogP contribution is -2.33. The molecule has 0 unspecified atom stereocenters. The molecule has 2 N–H and O–H groups in total. The van der Waals surface area contributed by atoms with Gasteiger partial charge in [-0.3, -0.25) is 14.4 Å². The Balaban J connectivity index is 1.70. The lowest BCUT2D eigenvalue weighted by molar-refractivity contribution is -0.115. The number of anilines is 1. The maximum absolute atomic E-state index is 12.9. The molecule has 0 atom stereocenters. The van der Waals surface area contributed by atoms with E-state index in [4.69, 9.17) is 4.74 Å². The number of carbonyl (C=O) groups is 3. The molecule has 0 saturated heterocycles. The van der Waals surface area contributed by atoms with Gasteiger partial charge >= 0.3 is 0 Å². The highest BCUT2D eigenvalue weighted by atomic mass is 16.5. The largest absolute Gasteiger partial charge is 0.495 e. The Hall–Kier alpha value is -3.93. The molecular weight excluding hydrogens is 392 g/mol. The van der Waals surface area contributed by atoms with Crippen LogP contribution in [0.25, 0.3) is 0 Å². The van der Waals surface area contributed by atoms with E-state index in [1.807, 2.05) is 32.0 Å². The number of ether oxygens (including phenoxy) is 1. The third-order valence-corrected chi connectivity index (χ3v) is 4.77. The van der Waals surface area contributed by atoms with Crippen LogP contribution in [-0.2, 0) is 4.79 Å². The number of rotatable bonds is 7. The Bertz CT molecular complexity index is 1120. The molecule has 0 fully saturated rings. The Morgan fingerprint density at radius 3 is 2.16 bits per heavy atom. The fourth-order valence-corrected chi connectivity index (χ4v) is 3.11. The Labute approximate surface area is 181 Å². The van der Waals surface area contributed by atoms with E-state index in [9.17, 15) is 14.4 Å². The smallest absolute Gasteiger partial charge is 0.252 e. The number of nitrogens with one attached hydrogen (secondary N) is 2. The van der Waals surface area contributed by atoms with Gasteiger partial charge in [0.15, 0.2) is 5.78 Å². The highest BCUT2D eigenvalue weighted by molar-refractivity contribution is 6.15. The first-order chi connectivity index (χ1) is 14.9. The number of carbonyl (C=O) groups excluding carboxylic acids is 3. The van der Waals surface area contributed by atoms with Crippen molar-refractivity contribution in [2.24, 2.45) is 0 Å². The van der Waals surface area contributed by atoms with E-state index < -0.39 is 11.8 Å². The SMILES string of the molecule is COc1ccc(C)cc1NC(=O)CNC(=O)c1ccccc1C(=O)c1ccc(C)cc1. The molecule has 0 radical (unpaired) electrons. The molecule has 31 heavy (non-hydrogen) atoms.